The van der Waals surface area contributed by atoms with Crippen LogP contribution < -0.4 is 10.0 Å². The summed E-state index contributed by atoms with van der Waals surface area (Å²) in [5, 5.41) is 1.87. The summed E-state index contributed by atoms with van der Waals surface area (Å²) in [6.07, 6.45) is 2.78. The summed E-state index contributed by atoms with van der Waals surface area (Å²) in [6.45, 7) is 0.853. The molecule has 0 aromatic heterocycles. The van der Waals surface area contributed by atoms with Crippen molar-refractivity contribution in [3.05, 3.63) is 29.3 Å². The van der Waals surface area contributed by atoms with Crippen molar-refractivity contribution in [2.75, 3.05) is 19.8 Å². The normalized spacial score (nSPS) is 13.3. The topological polar surface area (TPSA) is 128 Å². The Labute approximate surface area is 163 Å². The summed E-state index contributed by atoms with van der Waals surface area (Å²) >= 11 is 0. The number of hydrogen-bond acceptors (Lipinski definition) is 7. The number of sulfonamides is 1. The largest absolute Gasteiger partial charge is 0.456 e. The second-order valence-electron chi connectivity index (χ2n) is 6.21. The molecule has 0 saturated heterocycles. The molecule has 10 heteroatoms. The van der Waals surface area contributed by atoms with E-state index in [9.17, 15) is 22.8 Å². The Morgan fingerprint density at radius 1 is 1.07 bits per heavy atom. The molecule has 0 spiro atoms. The number of esters is 1. The summed E-state index contributed by atoms with van der Waals surface area (Å²) < 4.78 is 36.3. The first kappa shape index (κ1) is 21.8. The molecular formula is C18H24N2O7S. The molecule has 0 fully saturated rings. The van der Waals surface area contributed by atoms with E-state index in [0.29, 0.717) is 0 Å². The molecule has 0 heterocycles. The Balaban J connectivity index is 1.76. The quantitative estimate of drug-likeness (QED) is 0.611. The van der Waals surface area contributed by atoms with Gasteiger partial charge in [0.1, 0.15) is 0 Å². The minimum atomic E-state index is -3.74. The number of amides is 2. The lowest BCUT2D eigenvalue weighted by atomic mass is 9.92. The van der Waals surface area contributed by atoms with Crippen LogP contribution in [0.15, 0.2) is 23.1 Å². The Morgan fingerprint density at radius 3 is 2.50 bits per heavy atom. The van der Waals surface area contributed by atoms with Gasteiger partial charge in [-0.25, -0.2) is 17.9 Å². The molecule has 28 heavy (non-hydrogen) atoms. The third kappa shape index (κ3) is 6.61. The van der Waals surface area contributed by atoms with Gasteiger partial charge >= 0.3 is 12.1 Å². The smallest absolute Gasteiger partial charge is 0.413 e. The zero-order valence-corrected chi connectivity index (χ0v) is 16.5. The summed E-state index contributed by atoms with van der Waals surface area (Å²) in [5.74, 6) is -1.60. The Morgan fingerprint density at radius 2 is 1.79 bits per heavy atom. The number of benzene rings is 1. The van der Waals surface area contributed by atoms with Crippen molar-refractivity contribution in [2.45, 2.75) is 43.9 Å². The number of alkyl carbamates (subject to hydrolysis) is 1. The van der Waals surface area contributed by atoms with Gasteiger partial charge in [-0.1, -0.05) is 6.07 Å². The highest BCUT2D eigenvalue weighted by atomic mass is 32.2. The molecule has 2 N–H and O–H groups in total. The minimum absolute atomic E-state index is 0.100. The average molecular weight is 412 g/mol. The van der Waals surface area contributed by atoms with E-state index in [-0.39, 0.29) is 24.5 Å². The van der Waals surface area contributed by atoms with Crippen LogP contribution in [0.5, 0.6) is 0 Å². The molecular weight excluding hydrogens is 388 g/mol. The molecule has 1 aliphatic carbocycles. The van der Waals surface area contributed by atoms with Gasteiger partial charge in [0.25, 0.3) is 5.91 Å². The van der Waals surface area contributed by atoms with Gasteiger partial charge in [-0.3, -0.25) is 14.9 Å². The standard InChI is InChI=1S/C18H24N2O7S/c1-2-26-18(23)20-16(21)12-27-17(22)9-10-19-28(24,25)15-8-7-13-5-3-4-6-14(13)11-15/h7-8,11,19H,2-6,9-10,12H2,1H3,(H,20,21,23). The predicted octanol–water partition coefficient (Wildman–Crippen LogP) is 1.05. The van der Waals surface area contributed by atoms with Crippen molar-refractivity contribution in [3.8, 4) is 0 Å². The Kier molecular flexibility index (Phi) is 7.94. The van der Waals surface area contributed by atoms with Gasteiger partial charge in [0.2, 0.25) is 10.0 Å². The number of carbonyl (C=O) groups is 3. The van der Waals surface area contributed by atoms with E-state index in [4.69, 9.17) is 0 Å². The van der Waals surface area contributed by atoms with Gasteiger partial charge in [0.05, 0.1) is 17.9 Å². The fourth-order valence-electron chi connectivity index (χ4n) is 2.78. The van der Waals surface area contributed by atoms with Crippen LogP contribution in [0.2, 0.25) is 0 Å². The number of nitrogens with one attached hydrogen (secondary N) is 2. The van der Waals surface area contributed by atoms with E-state index < -0.39 is 34.6 Å². The Hall–Kier alpha value is -2.46. The number of carbonyl (C=O) groups excluding carboxylic acids is 3. The van der Waals surface area contributed by atoms with Gasteiger partial charge in [0.15, 0.2) is 6.61 Å². The van der Waals surface area contributed by atoms with Crippen LogP contribution in [0.3, 0.4) is 0 Å². The van der Waals surface area contributed by atoms with Crippen molar-refractivity contribution < 1.29 is 32.3 Å². The molecule has 0 bridgehead atoms. The molecule has 2 amide bonds. The fraction of sp³-hybridized carbons (Fsp3) is 0.500. The fourth-order valence-corrected chi connectivity index (χ4v) is 3.87. The van der Waals surface area contributed by atoms with Crippen molar-refractivity contribution in [3.63, 3.8) is 0 Å². The first-order chi connectivity index (χ1) is 13.3. The van der Waals surface area contributed by atoms with Crippen LogP contribution in [0, 0.1) is 0 Å². The van der Waals surface area contributed by atoms with Gasteiger partial charge in [-0.05, 0) is 55.9 Å². The van der Waals surface area contributed by atoms with E-state index in [1.807, 2.05) is 11.4 Å². The lowest BCUT2D eigenvalue weighted by Crippen LogP contribution is -2.35. The molecule has 0 saturated carbocycles. The zero-order chi connectivity index (χ0) is 20.6. The number of rotatable bonds is 8. The van der Waals surface area contributed by atoms with Gasteiger partial charge in [-0.2, -0.15) is 0 Å². The lowest BCUT2D eigenvalue weighted by molar-refractivity contribution is -0.148. The molecule has 9 nitrogen and oxygen atoms in total. The number of hydrogen-bond donors (Lipinski definition) is 2. The van der Waals surface area contributed by atoms with E-state index in [1.165, 1.54) is 5.56 Å². The maximum absolute atomic E-state index is 12.4. The second-order valence-corrected chi connectivity index (χ2v) is 7.98. The molecule has 2 rings (SSSR count). The van der Waals surface area contributed by atoms with Crippen LogP contribution in [0.1, 0.15) is 37.3 Å². The highest BCUT2D eigenvalue weighted by molar-refractivity contribution is 7.89. The molecule has 0 aliphatic heterocycles. The zero-order valence-electron chi connectivity index (χ0n) is 15.7. The van der Waals surface area contributed by atoms with Gasteiger partial charge < -0.3 is 9.47 Å². The minimum Gasteiger partial charge on any atom is -0.456 e. The lowest BCUT2D eigenvalue weighted by Gasteiger charge is -2.16. The first-order valence-electron chi connectivity index (χ1n) is 9.05. The number of aryl methyl sites for hydroxylation is 2. The maximum Gasteiger partial charge on any atom is 0.413 e. The van der Waals surface area contributed by atoms with Crippen molar-refractivity contribution >= 4 is 28.0 Å². The number of fused-ring (bicyclic) bond motifs is 1. The first-order valence-corrected chi connectivity index (χ1v) is 10.5. The van der Waals surface area contributed by atoms with Crippen molar-refractivity contribution in [2.24, 2.45) is 0 Å². The molecule has 154 valence electrons. The number of imide groups is 1. The highest BCUT2D eigenvalue weighted by Crippen LogP contribution is 2.23. The van der Waals surface area contributed by atoms with Crippen LogP contribution in [-0.2, 0) is 41.9 Å². The van der Waals surface area contributed by atoms with Gasteiger partial charge in [0, 0.05) is 6.54 Å². The van der Waals surface area contributed by atoms with E-state index in [1.54, 1.807) is 19.1 Å². The SMILES string of the molecule is CCOC(=O)NC(=O)COC(=O)CCNS(=O)(=O)c1ccc2c(c1)CCCC2. The molecule has 1 aromatic carbocycles. The summed E-state index contributed by atoms with van der Waals surface area (Å²) in [5.41, 5.74) is 2.22. The van der Waals surface area contributed by atoms with Crippen molar-refractivity contribution in [1.82, 2.24) is 10.0 Å². The van der Waals surface area contributed by atoms with Crippen LogP contribution in [0.25, 0.3) is 0 Å². The van der Waals surface area contributed by atoms with Crippen molar-refractivity contribution in [1.29, 1.82) is 0 Å². The third-order valence-corrected chi connectivity index (χ3v) is 5.59. The highest BCUT2D eigenvalue weighted by Gasteiger charge is 2.18. The predicted molar refractivity (Wildman–Crippen MR) is 99.0 cm³/mol. The molecule has 0 unspecified atom stereocenters. The molecule has 0 atom stereocenters. The van der Waals surface area contributed by atoms with E-state index >= 15 is 0 Å². The van der Waals surface area contributed by atoms with Crippen LogP contribution >= 0.6 is 0 Å². The monoisotopic (exact) mass is 412 g/mol. The van der Waals surface area contributed by atoms with Crippen LogP contribution in [-0.4, -0.2) is 46.1 Å². The van der Waals surface area contributed by atoms with Gasteiger partial charge in [-0.15, -0.1) is 0 Å². The average Bonchev–Trinajstić information content (AvgIpc) is 2.66. The summed E-state index contributed by atoms with van der Waals surface area (Å²) in [6, 6.07) is 5.07. The molecule has 1 aromatic rings. The summed E-state index contributed by atoms with van der Waals surface area (Å²) in [7, 11) is -3.74. The Bertz CT molecular complexity index is 836. The molecule has 1 aliphatic rings. The third-order valence-electron chi connectivity index (χ3n) is 4.13. The van der Waals surface area contributed by atoms with E-state index in [2.05, 4.69) is 14.2 Å². The van der Waals surface area contributed by atoms with E-state index in [0.717, 1.165) is 31.2 Å². The molecule has 0 radical (unpaired) electrons. The second kappa shape index (κ2) is 10.2. The number of ether oxygens (including phenoxy) is 2. The maximum atomic E-state index is 12.4. The van der Waals surface area contributed by atoms with Crippen LogP contribution in [0.4, 0.5) is 4.79 Å². The summed E-state index contributed by atoms with van der Waals surface area (Å²) in [4.78, 5) is 34.2.